The fourth-order valence-electron chi connectivity index (χ4n) is 1.55. The van der Waals surface area contributed by atoms with Crippen LogP contribution in [0.25, 0.3) is 0 Å². The lowest BCUT2D eigenvalue weighted by molar-refractivity contribution is 0.663. The molecule has 0 saturated heterocycles. The van der Waals surface area contributed by atoms with Crippen LogP contribution >= 0.6 is 0 Å². The molecule has 0 heterocycles. The van der Waals surface area contributed by atoms with Crippen molar-refractivity contribution in [3.63, 3.8) is 0 Å². The Bertz CT molecular complexity index is 347. The lowest BCUT2D eigenvalue weighted by Crippen LogP contribution is -2.11. The van der Waals surface area contributed by atoms with Crippen molar-refractivity contribution in [2.75, 3.05) is 0 Å². The smallest absolute Gasteiger partial charge is 0.0306 e. The van der Waals surface area contributed by atoms with Gasteiger partial charge in [0.1, 0.15) is 0 Å². The lowest BCUT2D eigenvalue weighted by atomic mass is 9.96. The molecule has 2 N–H and O–H groups in total. The summed E-state index contributed by atoms with van der Waals surface area (Å²) in [6.07, 6.45) is 6.82. The second-order valence-electron chi connectivity index (χ2n) is 3.71. The van der Waals surface area contributed by atoms with Crippen LogP contribution in [0.15, 0.2) is 18.2 Å². The van der Waals surface area contributed by atoms with E-state index in [1.54, 1.807) is 0 Å². The molecule has 0 fully saturated rings. The van der Waals surface area contributed by atoms with E-state index in [1.807, 2.05) is 0 Å². The third-order valence-electron chi connectivity index (χ3n) is 2.43. The highest BCUT2D eigenvalue weighted by Crippen LogP contribution is 2.20. The summed E-state index contributed by atoms with van der Waals surface area (Å²) in [6.45, 7) is 4.17. The number of rotatable bonds is 3. The molecule has 1 rings (SSSR count). The zero-order valence-corrected chi connectivity index (χ0v) is 8.88. The zero-order valence-electron chi connectivity index (χ0n) is 8.88. The molecule has 1 heteroatoms. The van der Waals surface area contributed by atoms with Crippen LogP contribution in [0, 0.1) is 26.2 Å². The van der Waals surface area contributed by atoms with E-state index >= 15 is 0 Å². The molecule has 0 spiro atoms. The molecule has 0 aliphatic heterocycles. The molecule has 0 amide bonds. The summed E-state index contributed by atoms with van der Waals surface area (Å²) in [7, 11) is 0. The number of benzene rings is 1. The van der Waals surface area contributed by atoms with E-state index in [0.717, 1.165) is 12.8 Å². The Labute approximate surface area is 86.3 Å². The second-order valence-corrected chi connectivity index (χ2v) is 3.71. The summed E-state index contributed by atoms with van der Waals surface area (Å²) in [5, 5.41) is 0. The first-order valence-electron chi connectivity index (χ1n) is 4.91. The molecule has 0 aromatic heterocycles. The maximum absolute atomic E-state index is 6.06. The molecule has 0 radical (unpaired) electrons. The van der Waals surface area contributed by atoms with Gasteiger partial charge in [0.2, 0.25) is 0 Å². The average Bonchev–Trinajstić information content (AvgIpc) is 2.18. The van der Waals surface area contributed by atoms with Gasteiger partial charge in [-0.25, -0.2) is 0 Å². The highest BCUT2D eigenvalue weighted by Gasteiger charge is 2.07. The van der Waals surface area contributed by atoms with E-state index in [2.05, 4.69) is 38.0 Å². The Morgan fingerprint density at radius 3 is 2.79 bits per heavy atom. The summed E-state index contributed by atoms with van der Waals surface area (Å²) >= 11 is 0. The monoisotopic (exact) mass is 187 g/mol. The second kappa shape index (κ2) is 4.83. The molecule has 74 valence electrons. The number of nitrogens with two attached hydrogens (primary N) is 1. The molecule has 0 bridgehead atoms. The van der Waals surface area contributed by atoms with Gasteiger partial charge in [-0.3, -0.25) is 0 Å². The predicted octanol–water partition coefficient (Wildman–Crippen LogP) is 2.72. The van der Waals surface area contributed by atoms with Crippen molar-refractivity contribution in [3.05, 3.63) is 34.9 Å². The Morgan fingerprint density at radius 2 is 2.14 bits per heavy atom. The molecule has 1 unspecified atom stereocenters. The topological polar surface area (TPSA) is 26.0 Å². The molecule has 14 heavy (non-hydrogen) atoms. The van der Waals surface area contributed by atoms with Gasteiger partial charge in [0, 0.05) is 12.5 Å². The quantitative estimate of drug-likeness (QED) is 0.723. The van der Waals surface area contributed by atoms with E-state index in [0.29, 0.717) is 0 Å². The lowest BCUT2D eigenvalue weighted by Gasteiger charge is -2.14. The first kappa shape index (κ1) is 10.8. The fraction of sp³-hybridized carbons (Fsp3) is 0.385. The van der Waals surface area contributed by atoms with Crippen LogP contribution in [0.1, 0.15) is 35.6 Å². The molecule has 0 aliphatic carbocycles. The number of terminal acetylenes is 1. The Hall–Kier alpha value is -1.26. The fourth-order valence-corrected chi connectivity index (χ4v) is 1.55. The zero-order chi connectivity index (χ0) is 10.6. The third-order valence-corrected chi connectivity index (χ3v) is 2.43. The number of aryl methyl sites for hydroxylation is 2. The van der Waals surface area contributed by atoms with Crippen LogP contribution in [0.2, 0.25) is 0 Å². The minimum absolute atomic E-state index is 0.0750. The highest BCUT2D eigenvalue weighted by molar-refractivity contribution is 5.32. The minimum Gasteiger partial charge on any atom is -0.324 e. The Morgan fingerprint density at radius 1 is 1.43 bits per heavy atom. The molecule has 1 atom stereocenters. The van der Waals surface area contributed by atoms with Crippen LogP contribution in [0.4, 0.5) is 0 Å². The van der Waals surface area contributed by atoms with Crippen LogP contribution in [0.3, 0.4) is 0 Å². The van der Waals surface area contributed by atoms with Gasteiger partial charge >= 0.3 is 0 Å². The number of hydrogen-bond donors (Lipinski definition) is 1. The maximum Gasteiger partial charge on any atom is 0.0306 e. The SMILES string of the molecule is C#CCCC(N)c1cc(C)ccc1C. The Kier molecular flexibility index (Phi) is 3.73. The van der Waals surface area contributed by atoms with E-state index in [4.69, 9.17) is 12.2 Å². The van der Waals surface area contributed by atoms with Crippen LogP contribution in [-0.2, 0) is 0 Å². The predicted molar refractivity (Wildman–Crippen MR) is 60.9 cm³/mol. The van der Waals surface area contributed by atoms with Crippen molar-refractivity contribution >= 4 is 0 Å². The average molecular weight is 187 g/mol. The molecule has 0 aliphatic rings. The maximum atomic E-state index is 6.06. The molecule has 1 nitrogen and oxygen atoms in total. The summed E-state index contributed by atoms with van der Waals surface area (Å²) < 4.78 is 0. The first-order chi connectivity index (χ1) is 6.65. The molecular formula is C13H17N. The van der Waals surface area contributed by atoms with Gasteiger partial charge in [-0.05, 0) is 31.4 Å². The van der Waals surface area contributed by atoms with Crippen LogP contribution < -0.4 is 5.73 Å². The standard InChI is InChI=1S/C13H17N/c1-4-5-6-13(14)12-9-10(2)7-8-11(12)3/h1,7-9,13H,5-6,14H2,2-3H3. The molecule has 0 saturated carbocycles. The minimum atomic E-state index is 0.0750. The van der Waals surface area contributed by atoms with Crippen LogP contribution in [0.5, 0.6) is 0 Å². The summed E-state index contributed by atoms with van der Waals surface area (Å²) in [4.78, 5) is 0. The summed E-state index contributed by atoms with van der Waals surface area (Å²) in [5.74, 6) is 2.62. The summed E-state index contributed by atoms with van der Waals surface area (Å²) in [6, 6.07) is 6.44. The molecule has 1 aromatic carbocycles. The van der Waals surface area contributed by atoms with Gasteiger partial charge in [0.15, 0.2) is 0 Å². The van der Waals surface area contributed by atoms with Crippen LogP contribution in [-0.4, -0.2) is 0 Å². The third kappa shape index (κ3) is 2.61. The van der Waals surface area contributed by atoms with Gasteiger partial charge in [-0.1, -0.05) is 23.8 Å². The number of hydrogen-bond acceptors (Lipinski definition) is 1. The van der Waals surface area contributed by atoms with E-state index in [1.165, 1.54) is 16.7 Å². The van der Waals surface area contributed by atoms with Gasteiger partial charge in [-0.2, -0.15) is 0 Å². The van der Waals surface area contributed by atoms with E-state index in [-0.39, 0.29) is 6.04 Å². The van der Waals surface area contributed by atoms with Gasteiger partial charge < -0.3 is 5.73 Å². The van der Waals surface area contributed by atoms with Crippen molar-refractivity contribution in [2.45, 2.75) is 32.7 Å². The molecular weight excluding hydrogens is 170 g/mol. The highest BCUT2D eigenvalue weighted by atomic mass is 14.6. The van der Waals surface area contributed by atoms with E-state index < -0.39 is 0 Å². The van der Waals surface area contributed by atoms with Crippen molar-refractivity contribution in [3.8, 4) is 12.3 Å². The van der Waals surface area contributed by atoms with E-state index in [9.17, 15) is 0 Å². The summed E-state index contributed by atoms with van der Waals surface area (Å²) in [5.41, 5.74) is 9.78. The normalized spacial score (nSPS) is 12.1. The van der Waals surface area contributed by atoms with Gasteiger partial charge in [0.05, 0.1) is 0 Å². The van der Waals surface area contributed by atoms with Crippen molar-refractivity contribution in [1.29, 1.82) is 0 Å². The largest absolute Gasteiger partial charge is 0.324 e. The van der Waals surface area contributed by atoms with Gasteiger partial charge in [-0.15, -0.1) is 12.3 Å². The first-order valence-corrected chi connectivity index (χ1v) is 4.91. The molecule has 1 aromatic rings. The van der Waals surface area contributed by atoms with Gasteiger partial charge in [0.25, 0.3) is 0 Å². The van der Waals surface area contributed by atoms with Crippen molar-refractivity contribution < 1.29 is 0 Å². The van der Waals surface area contributed by atoms with Crippen molar-refractivity contribution in [2.24, 2.45) is 5.73 Å². The Balaban J connectivity index is 2.83. The van der Waals surface area contributed by atoms with Crippen molar-refractivity contribution in [1.82, 2.24) is 0 Å².